The maximum Gasteiger partial charge on any atom is 0.239 e. The second-order valence-electron chi connectivity index (χ2n) is 6.00. The molecule has 5 heteroatoms. The summed E-state index contributed by atoms with van der Waals surface area (Å²) in [5, 5.41) is 3.03. The van der Waals surface area contributed by atoms with Gasteiger partial charge >= 0.3 is 0 Å². The first-order valence-corrected chi connectivity index (χ1v) is 7.85. The van der Waals surface area contributed by atoms with E-state index in [4.69, 9.17) is 4.74 Å². The van der Waals surface area contributed by atoms with Crippen LogP contribution >= 0.6 is 0 Å². The lowest BCUT2D eigenvalue weighted by Gasteiger charge is -2.10. The van der Waals surface area contributed by atoms with Gasteiger partial charge < -0.3 is 14.6 Å². The molecule has 1 aromatic carbocycles. The fourth-order valence-corrected chi connectivity index (χ4v) is 2.79. The normalized spacial score (nSPS) is 19.4. The van der Waals surface area contributed by atoms with Crippen molar-refractivity contribution in [2.75, 3.05) is 13.7 Å². The van der Waals surface area contributed by atoms with E-state index in [-0.39, 0.29) is 11.9 Å². The van der Waals surface area contributed by atoms with Crippen LogP contribution in [0.5, 0.6) is 5.75 Å². The highest BCUT2D eigenvalue weighted by Crippen LogP contribution is 2.26. The van der Waals surface area contributed by atoms with Crippen LogP contribution in [0.25, 0.3) is 0 Å². The van der Waals surface area contributed by atoms with E-state index < -0.39 is 0 Å². The van der Waals surface area contributed by atoms with Gasteiger partial charge in [-0.1, -0.05) is 18.2 Å². The van der Waals surface area contributed by atoms with E-state index >= 15 is 0 Å². The number of aromatic nitrogens is 1. The Bertz CT molecular complexity index is 708. The van der Waals surface area contributed by atoms with E-state index in [1.54, 1.807) is 7.11 Å². The topological polar surface area (TPSA) is 46.3 Å². The summed E-state index contributed by atoms with van der Waals surface area (Å²) in [7, 11) is 3.69. The number of carbonyl (C=O) groups is 1. The molecule has 1 aliphatic heterocycles. The monoisotopic (exact) mass is 313 g/mol. The molecule has 122 valence electrons. The predicted molar refractivity (Wildman–Crippen MR) is 89.2 cm³/mol. The highest BCUT2D eigenvalue weighted by molar-refractivity contribution is 5.84. The van der Waals surface area contributed by atoms with Gasteiger partial charge in [0.15, 0.2) is 0 Å². The fraction of sp³-hybridized carbons (Fsp3) is 0.389. The summed E-state index contributed by atoms with van der Waals surface area (Å²) in [4.78, 5) is 14.4. The van der Waals surface area contributed by atoms with E-state index in [9.17, 15) is 4.79 Å². The van der Waals surface area contributed by atoms with Crippen LogP contribution in [-0.4, -0.2) is 35.1 Å². The first-order valence-electron chi connectivity index (χ1n) is 7.85. The van der Waals surface area contributed by atoms with Crippen molar-refractivity contribution in [2.45, 2.75) is 26.1 Å². The number of rotatable bonds is 6. The summed E-state index contributed by atoms with van der Waals surface area (Å²) < 4.78 is 7.46. The molecular weight excluding hydrogens is 290 g/mol. The van der Waals surface area contributed by atoms with Crippen molar-refractivity contribution in [1.82, 2.24) is 14.8 Å². The number of ether oxygens (including phenoxy) is 1. The molecule has 1 amide bonds. The van der Waals surface area contributed by atoms with E-state index in [0.29, 0.717) is 6.54 Å². The molecule has 2 atom stereocenters. The van der Waals surface area contributed by atoms with Crippen LogP contribution in [0.3, 0.4) is 0 Å². The molecule has 5 nitrogen and oxygen atoms in total. The van der Waals surface area contributed by atoms with Crippen LogP contribution in [0.15, 0.2) is 36.4 Å². The molecule has 2 heterocycles. The van der Waals surface area contributed by atoms with Crippen LogP contribution in [0.1, 0.15) is 17.0 Å². The van der Waals surface area contributed by atoms with Gasteiger partial charge in [0.25, 0.3) is 0 Å². The summed E-state index contributed by atoms with van der Waals surface area (Å²) in [5.74, 6) is 0.969. The Morgan fingerprint density at radius 1 is 1.30 bits per heavy atom. The van der Waals surface area contributed by atoms with Gasteiger partial charge in [0.2, 0.25) is 5.91 Å². The molecule has 1 aromatic heterocycles. The quantitative estimate of drug-likeness (QED) is 0.828. The summed E-state index contributed by atoms with van der Waals surface area (Å²) in [6, 6.07) is 12.0. The first-order chi connectivity index (χ1) is 11.1. The molecular formula is C18H23N3O2. The van der Waals surface area contributed by atoms with E-state index in [0.717, 1.165) is 30.1 Å². The zero-order valence-corrected chi connectivity index (χ0v) is 13.9. The van der Waals surface area contributed by atoms with E-state index in [2.05, 4.69) is 33.8 Å². The largest absolute Gasteiger partial charge is 0.496 e. The molecule has 2 unspecified atom stereocenters. The Hall–Kier alpha value is -2.27. The van der Waals surface area contributed by atoms with Crippen LogP contribution < -0.4 is 10.1 Å². The number of aryl methyl sites for hydroxylation is 1. The fourth-order valence-electron chi connectivity index (χ4n) is 2.79. The SMILES string of the molecule is COc1ccccc1CN1CC1C(=O)NCc1ccc(C)n1C. The first kappa shape index (κ1) is 15.6. The van der Waals surface area contributed by atoms with Gasteiger partial charge in [0, 0.05) is 37.1 Å². The molecule has 0 spiro atoms. The minimum absolute atomic E-state index is 0.0266. The summed E-state index contributed by atoms with van der Waals surface area (Å²) in [5.41, 5.74) is 3.43. The Balaban J connectivity index is 1.52. The average molecular weight is 313 g/mol. The molecule has 0 bridgehead atoms. The lowest BCUT2D eigenvalue weighted by molar-refractivity contribution is -0.121. The molecule has 0 radical (unpaired) electrons. The molecule has 23 heavy (non-hydrogen) atoms. The van der Waals surface area contributed by atoms with Gasteiger partial charge in [-0.2, -0.15) is 0 Å². The smallest absolute Gasteiger partial charge is 0.239 e. The van der Waals surface area contributed by atoms with Crippen molar-refractivity contribution >= 4 is 5.91 Å². The highest BCUT2D eigenvalue weighted by Gasteiger charge is 2.40. The predicted octanol–water partition coefficient (Wildman–Crippen LogP) is 1.84. The Labute approximate surface area is 136 Å². The van der Waals surface area contributed by atoms with Crippen LogP contribution in [0, 0.1) is 6.92 Å². The molecule has 1 N–H and O–H groups in total. The number of hydrogen-bond acceptors (Lipinski definition) is 3. The molecule has 0 aliphatic carbocycles. The minimum Gasteiger partial charge on any atom is -0.496 e. The van der Waals surface area contributed by atoms with E-state index in [1.807, 2.05) is 31.3 Å². The Morgan fingerprint density at radius 2 is 2.09 bits per heavy atom. The molecule has 3 rings (SSSR count). The second-order valence-corrected chi connectivity index (χ2v) is 6.00. The van der Waals surface area contributed by atoms with Gasteiger partial charge in [-0.05, 0) is 25.1 Å². The van der Waals surface area contributed by atoms with Gasteiger partial charge in [-0.3, -0.25) is 9.69 Å². The maximum absolute atomic E-state index is 12.3. The number of nitrogens with zero attached hydrogens (tertiary/aromatic N) is 2. The summed E-state index contributed by atoms with van der Waals surface area (Å²) >= 11 is 0. The third-order valence-electron chi connectivity index (χ3n) is 4.50. The number of hydrogen-bond donors (Lipinski definition) is 1. The maximum atomic E-state index is 12.3. The Kier molecular flexibility index (Phi) is 4.39. The third kappa shape index (κ3) is 3.40. The van der Waals surface area contributed by atoms with Gasteiger partial charge in [0.05, 0.1) is 13.7 Å². The van der Waals surface area contributed by atoms with Crippen molar-refractivity contribution in [3.05, 3.63) is 53.3 Å². The van der Waals surface area contributed by atoms with Crippen LogP contribution in [0.4, 0.5) is 0 Å². The highest BCUT2D eigenvalue weighted by atomic mass is 16.5. The summed E-state index contributed by atoms with van der Waals surface area (Å²) in [6.45, 7) is 4.17. The van der Waals surface area contributed by atoms with Gasteiger partial charge in [0.1, 0.15) is 11.8 Å². The van der Waals surface area contributed by atoms with E-state index in [1.165, 1.54) is 5.69 Å². The lowest BCUT2D eigenvalue weighted by atomic mass is 10.2. The second kappa shape index (κ2) is 6.46. The van der Waals surface area contributed by atoms with Crippen molar-refractivity contribution in [3.63, 3.8) is 0 Å². The number of methoxy groups -OCH3 is 1. The Morgan fingerprint density at radius 3 is 2.78 bits per heavy atom. The molecule has 2 aromatic rings. The lowest BCUT2D eigenvalue weighted by Crippen LogP contribution is -2.30. The standard InChI is InChI=1S/C18H23N3O2/c1-13-8-9-15(20(13)2)10-19-18(22)16-12-21(16)11-14-6-4-5-7-17(14)23-3/h4-9,16H,10-12H2,1-3H3,(H,19,22). The average Bonchev–Trinajstić information content (AvgIpc) is 3.26. The number of benzene rings is 1. The molecule has 0 saturated carbocycles. The summed E-state index contributed by atoms with van der Waals surface area (Å²) in [6.07, 6.45) is 0. The van der Waals surface area contributed by atoms with Crippen molar-refractivity contribution < 1.29 is 9.53 Å². The van der Waals surface area contributed by atoms with Crippen LogP contribution in [-0.2, 0) is 24.9 Å². The zero-order chi connectivity index (χ0) is 16.4. The van der Waals surface area contributed by atoms with Crippen molar-refractivity contribution in [2.24, 2.45) is 7.05 Å². The minimum atomic E-state index is -0.0266. The molecule has 1 aliphatic rings. The molecule has 1 saturated heterocycles. The number of carbonyl (C=O) groups excluding carboxylic acids is 1. The zero-order valence-electron chi connectivity index (χ0n) is 13.9. The van der Waals surface area contributed by atoms with Gasteiger partial charge in [-0.25, -0.2) is 0 Å². The third-order valence-corrected chi connectivity index (χ3v) is 4.50. The van der Waals surface area contributed by atoms with Crippen LogP contribution in [0.2, 0.25) is 0 Å². The van der Waals surface area contributed by atoms with Crippen molar-refractivity contribution in [1.29, 1.82) is 0 Å². The van der Waals surface area contributed by atoms with Gasteiger partial charge in [-0.15, -0.1) is 0 Å². The molecule has 1 fully saturated rings. The number of para-hydroxylation sites is 1. The van der Waals surface area contributed by atoms with Crippen molar-refractivity contribution in [3.8, 4) is 5.75 Å². The number of nitrogens with one attached hydrogen (secondary N) is 1. The number of amides is 1.